The zero-order valence-electron chi connectivity index (χ0n) is 10.5. The molecule has 0 heterocycles. The molecule has 90 valence electrons. The lowest BCUT2D eigenvalue weighted by Crippen LogP contribution is -2.18. The number of carbonyl (C=O) groups excluding carboxylic acids is 1. The number of hydrogen-bond acceptors (Lipinski definition) is 2. The Morgan fingerprint density at radius 3 is 2.12 bits per heavy atom. The van der Waals surface area contributed by atoms with Crippen LogP contribution in [0.5, 0.6) is 0 Å². The van der Waals surface area contributed by atoms with E-state index >= 15 is 0 Å². The molecule has 0 aliphatic carbocycles. The zero-order chi connectivity index (χ0) is 13.5. The quantitative estimate of drug-likeness (QED) is 0.793. The number of amides is 1. The summed E-state index contributed by atoms with van der Waals surface area (Å²) in [6.07, 6.45) is 4.60. The van der Waals surface area contributed by atoms with Crippen molar-refractivity contribution in [3.8, 4) is 18.4 Å². The number of nitrogens with zero attached hydrogens (tertiary/aromatic N) is 1. The second-order valence-electron chi connectivity index (χ2n) is 2.91. The standard InChI is InChI=1S/C9H11NO.C3H4.C2H3N/c1-8(11)10-7-9-5-3-2-4-6-9;1-3-2;1-2-3/h2-6H,7H2,1H3,(H,10,11);1H,2H3;1H3. The van der Waals surface area contributed by atoms with Gasteiger partial charge in [-0.1, -0.05) is 30.3 Å². The van der Waals surface area contributed by atoms with Crippen LogP contribution in [-0.2, 0) is 11.3 Å². The molecule has 1 aromatic carbocycles. The number of carbonyl (C=O) groups is 1. The summed E-state index contributed by atoms with van der Waals surface area (Å²) in [5.74, 6) is 2.26. The van der Waals surface area contributed by atoms with E-state index in [-0.39, 0.29) is 5.91 Å². The zero-order valence-corrected chi connectivity index (χ0v) is 10.5. The number of hydrogen-bond donors (Lipinski definition) is 1. The van der Waals surface area contributed by atoms with Crippen LogP contribution in [0.15, 0.2) is 30.3 Å². The number of nitriles is 1. The first kappa shape index (κ1) is 17.1. The highest BCUT2D eigenvalue weighted by molar-refractivity contribution is 5.72. The second kappa shape index (κ2) is 13.7. The largest absolute Gasteiger partial charge is 0.352 e. The highest BCUT2D eigenvalue weighted by atomic mass is 16.1. The van der Waals surface area contributed by atoms with E-state index in [2.05, 4.69) is 17.7 Å². The van der Waals surface area contributed by atoms with Gasteiger partial charge in [0, 0.05) is 20.4 Å². The normalized spacial score (nSPS) is 6.88. The molecule has 0 radical (unpaired) electrons. The fourth-order valence-electron chi connectivity index (χ4n) is 0.822. The van der Waals surface area contributed by atoms with E-state index in [1.54, 1.807) is 13.0 Å². The van der Waals surface area contributed by atoms with Crippen molar-refractivity contribution < 1.29 is 4.79 Å². The van der Waals surface area contributed by atoms with Crippen LogP contribution >= 0.6 is 0 Å². The molecule has 17 heavy (non-hydrogen) atoms. The van der Waals surface area contributed by atoms with Crippen molar-refractivity contribution in [2.24, 2.45) is 0 Å². The van der Waals surface area contributed by atoms with Crippen LogP contribution in [0.4, 0.5) is 0 Å². The van der Waals surface area contributed by atoms with E-state index in [0.717, 1.165) is 5.56 Å². The van der Waals surface area contributed by atoms with Crippen LogP contribution in [0.3, 0.4) is 0 Å². The molecule has 0 aromatic heterocycles. The molecule has 3 heteroatoms. The number of terminal acetylenes is 1. The molecular weight excluding hydrogens is 212 g/mol. The Morgan fingerprint density at radius 2 is 1.76 bits per heavy atom. The molecule has 0 saturated heterocycles. The molecule has 1 N–H and O–H groups in total. The Morgan fingerprint density at radius 1 is 1.35 bits per heavy atom. The molecule has 0 aliphatic heterocycles. The van der Waals surface area contributed by atoms with Gasteiger partial charge < -0.3 is 5.32 Å². The van der Waals surface area contributed by atoms with E-state index in [4.69, 9.17) is 5.26 Å². The summed E-state index contributed by atoms with van der Waals surface area (Å²) in [6.45, 7) is 5.22. The van der Waals surface area contributed by atoms with Crippen LogP contribution in [-0.4, -0.2) is 5.91 Å². The van der Waals surface area contributed by atoms with Gasteiger partial charge in [-0.25, -0.2) is 0 Å². The average Bonchev–Trinajstić information content (AvgIpc) is 2.30. The lowest BCUT2D eigenvalue weighted by Gasteiger charge is -2.00. The molecule has 0 bridgehead atoms. The molecule has 0 spiro atoms. The fraction of sp³-hybridized carbons (Fsp3) is 0.286. The van der Waals surface area contributed by atoms with Crippen molar-refractivity contribution in [2.45, 2.75) is 27.3 Å². The predicted octanol–water partition coefficient (Wildman–Crippen LogP) is 2.49. The van der Waals surface area contributed by atoms with Gasteiger partial charge in [0.25, 0.3) is 0 Å². The lowest BCUT2D eigenvalue weighted by molar-refractivity contribution is -0.119. The van der Waals surface area contributed by atoms with Crippen molar-refractivity contribution in [2.75, 3.05) is 0 Å². The van der Waals surface area contributed by atoms with Crippen LogP contribution in [0.25, 0.3) is 0 Å². The van der Waals surface area contributed by atoms with Gasteiger partial charge >= 0.3 is 0 Å². The van der Waals surface area contributed by atoms with Gasteiger partial charge in [-0.3, -0.25) is 4.79 Å². The van der Waals surface area contributed by atoms with E-state index < -0.39 is 0 Å². The molecule has 0 fully saturated rings. The van der Waals surface area contributed by atoms with Crippen molar-refractivity contribution in [3.05, 3.63) is 35.9 Å². The summed E-state index contributed by atoms with van der Waals surface area (Å²) < 4.78 is 0. The third kappa shape index (κ3) is 16.4. The average molecular weight is 230 g/mol. The number of nitrogens with one attached hydrogen (secondary N) is 1. The maximum absolute atomic E-state index is 10.5. The Labute approximate surface area is 103 Å². The van der Waals surface area contributed by atoms with Gasteiger partial charge in [-0.2, -0.15) is 5.26 Å². The smallest absolute Gasteiger partial charge is 0.217 e. The van der Waals surface area contributed by atoms with E-state index in [0.29, 0.717) is 6.54 Å². The minimum Gasteiger partial charge on any atom is -0.352 e. The van der Waals surface area contributed by atoms with Crippen LogP contribution in [0.2, 0.25) is 0 Å². The van der Waals surface area contributed by atoms with Crippen LogP contribution in [0.1, 0.15) is 26.3 Å². The van der Waals surface area contributed by atoms with Crippen LogP contribution < -0.4 is 5.32 Å². The molecule has 1 aromatic rings. The summed E-state index contributed by atoms with van der Waals surface area (Å²) in [5, 5.41) is 10.0. The predicted molar refractivity (Wildman–Crippen MR) is 69.8 cm³/mol. The van der Waals surface area contributed by atoms with Gasteiger partial charge in [0.05, 0.1) is 6.07 Å². The third-order valence-electron chi connectivity index (χ3n) is 1.38. The Kier molecular flexibility index (Phi) is 13.9. The summed E-state index contributed by atoms with van der Waals surface area (Å²) in [6, 6.07) is 11.6. The van der Waals surface area contributed by atoms with Crippen molar-refractivity contribution in [1.82, 2.24) is 5.32 Å². The first-order valence-corrected chi connectivity index (χ1v) is 5.08. The van der Waals surface area contributed by atoms with E-state index in [1.165, 1.54) is 13.8 Å². The SMILES string of the molecule is C#CC.CC#N.CC(=O)NCc1ccccc1. The maximum Gasteiger partial charge on any atom is 0.217 e. The fourth-order valence-corrected chi connectivity index (χ4v) is 0.822. The summed E-state index contributed by atoms with van der Waals surface area (Å²) in [4.78, 5) is 10.5. The summed E-state index contributed by atoms with van der Waals surface area (Å²) >= 11 is 0. The Balaban J connectivity index is 0. The lowest BCUT2D eigenvalue weighted by atomic mass is 10.2. The van der Waals surface area contributed by atoms with E-state index in [1.807, 2.05) is 30.3 Å². The molecule has 0 saturated carbocycles. The molecule has 1 rings (SSSR count). The maximum atomic E-state index is 10.5. The molecule has 0 aliphatic rings. The van der Waals surface area contributed by atoms with Gasteiger partial charge in [-0.05, 0) is 12.5 Å². The van der Waals surface area contributed by atoms with Crippen LogP contribution in [0, 0.1) is 23.7 Å². The highest BCUT2D eigenvalue weighted by Gasteiger charge is 1.91. The molecular formula is C14H18N2O. The minimum atomic E-state index is 0.00820. The first-order chi connectivity index (χ1) is 8.12. The summed E-state index contributed by atoms with van der Waals surface area (Å²) in [7, 11) is 0. The molecule has 0 atom stereocenters. The van der Waals surface area contributed by atoms with E-state index in [9.17, 15) is 4.79 Å². The van der Waals surface area contributed by atoms with Crippen molar-refractivity contribution >= 4 is 5.91 Å². The van der Waals surface area contributed by atoms with Gasteiger partial charge in [0.2, 0.25) is 5.91 Å². The second-order valence-corrected chi connectivity index (χ2v) is 2.91. The summed E-state index contributed by atoms with van der Waals surface area (Å²) in [5.41, 5.74) is 1.13. The van der Waals surface area contributed by atoms with Gasteiger partial charge in [0.1, 0.15) is 0 Å². The number of rotatable bonds is 2. The third-order valence-corrected chi connectivity index (χ3v) is 1.38. The minimum absolute atomic E-state index is 0.00820. The topological polar surface area (TPSA) is 52.9 Å². The Bertz CT molecular complexity index is 359. The molecule has 3 nitrogen and oxygen atoms in total. The Hall–Kier alpha value is -2.26. The molecule has 1 amide bonds. The molecule has 0 unspecified atom stereocenters. The van der Waals surface area contributed by atoms with Gasteiger partial charge in [0.15, 0.2) is 0 Å². The highest BCUT2D eigenvalue weighted by Crippen LogP contribution is 1.96. The van der Waals surface area contributed by atoms with Crippen molar-refractivity contribution in [3.63, 3.8) is 0 Å². The van der Waals surface area contributed by atoms with Gasteiger partial charge in [-0.15, -0.1) is 12.3 Å². The monoisotopic (exact) mass is 230 g/mol. The number of benzene rings is 1. The first-order valence-electron chi connectivity index (χ1n) is 5.08. The van der Waals surface area contributed by atoms with Crippen molar-refractivity contribution in [1.29, 1.82) is 5.26 Å².